The average Bonchev–Trinajstić information content (AvgIpc) is 3.01. The second-order valence-electron chi connectivity index (χ2n) is 10.0. The van der Waals surface area contributed by atoms with Gasteiger partial charge in [0.05, 0.1) is 7.11 Å². The Hall–Kier alpha value is -1.61. The third-order valence-electron chi connectivity index (χ3n) is 8.17. The lowest BCUT2D eigenvalue weighted by Gasteiger charge is -2.60. The Labute approximate surface area is 186 Å². The maximum atomic E-state index is 15.7. The molecule has 0 unspecified atom stereocenters. The first-order chi connectivity index (χ1) is 15.1. The van der Waals surface area contributed by atoms with Crippen molar-refractivity contribution in [1.29, 1.82) is 0 Å². The summed E-state index contributed by atoms with van der Waals surface area (Å²) in [6, 6.07) is 5.70. The van der Waals surface area contributed by atoms with Crippen LogP contribution in [0.25, 0.3) is 0 Å². The van der Waals surface area contributed by atoms with Crippen molar-refractivity contribution in [1.82, 2.24) is 0 Å². The number of alkyl halides is 2. The van der Waals surface area contributed by atoms with Crippen molar-refractivity contribution in [2.45, 2.75) is 76.2 Å². The third kappa shape index (κ3) is 3.06. The molecule has 8 atom stereocenters. The Bertz CT molecular complexity index is 891. The highest BCUT2D eigenvalue weighted by atomic mass is 19.3. The van der Waals surface area contributed by atoms with Gasteiger partial charge in [0.15, 0.2) is 11.9 Å². The maximum Gasteiger partial charge on any atom is 0.335 e. The summed E-state index contributed by atoms with van der Waals surface area (Å²) < 4.78 is 48.6. The Kier molecular flexibility index (Phi) is 5.17. The molecule has 6 rings (SSSR count). The molecule has 2 bridgehead atoms. The van der Waals surface area contributed by atoms with Gasteiger partial charge in [-0.15, -0.1) is 0 Å². The van der Waals surface area contributed by atoms with E-state index in [1.165, 1.54) is 31.4 Å². The first kappa shape index (κ1) is 22.2. The molecule has 4 heterocycles. The van der Waals surface area contributed by atoms with Crippen LogP contribution in [0.1, 0.15) is 56.8 Å². The van der Waals surface area contributed by atoms with Crippen LogP contribution in [0.5, 0.6) is 5.75 Å². The van der Waals surface area contributed by atoms with E-state index in [4.69, 9.17) is 24.0 Å². The van der Waals surface area contributed by atoms with Crippen LogP contribution in [-0.4, -0.2) is 42.6 Å². The number of hydrogen-bond acceptors (Lipinski definition) is 6. The van der Waals surface area contributed by atoms with Gasteiger partial charge in [-0.1, -0.05) is 13.8 Å². The molecule has 4 saturated heterocycles. The molecule has 5 aliphatic rings. The fourth-order valence-electron chi connectivity index (χ4n) is 6.38. The molecule has 176 valence electrons. The van der Waals surface area contributed by atoms with Gasteiger partial charge in [0.2, 0.25) is 11.6 Å². The number of carbonyl (C=O) groups is 1. The van der Waals surface area contributed by atoms with Gasteiger partial charge in [-0.2, -0.15) is 8.78 Å². The molecule has 5 fully saturated rings. The number of ether oxygens (including phenoxy) is 3. The van der Waals surface area contributed by atoms with Crippen LogP contribution in [0.3, 0.4) is 0 Å². The first-order valence-electron chi connectivity index (χ1n) is 11.4. The SMILES string of the molecule is COc1ccc(C(=O)C(F)(F)[C@H]2O[C@@H]3O[C@]4(C)CC[C@H]5[C@H](C)CC[C@@H]([C@@H]2C)[C@@]35OO4)cc1. The summed E-state index contributed by atoms with van der Waals surface area (Å²) >= 11 is 0. The van der Waals surface area contributed by atoms with E-state index in [9.17, 15) is 4.79 Å². The van der Waals surface area contributed by atoms with Crippen molar-refractivity contribution >= 4 is 5.78 Å². The lowest BCUT2D eigenvalue weighted by Crippen LogP contribution is -2.72. The zero-order chi connectivity index (χ0) is 22.9. The van der Waals surface area contributed by atoms with Gasteiger partial charge in [0.25, 0.3) is 0 Å². The highest BCUT2D eigenvalue weighted by Gasteiger charge is 2.72. The molecule has 4 aliphatic heterocycles. The summed E-state index contributed by atoms with van der Waals surface area (Å²) in [7, 11) is 1.48. The molecule has 1 aromatic carbocycles. The Morgan fingerprint density at radius 1 is 1.09 bits per heavy atom. The lowest BCUT2D eigenvalue weighted by atomic mass is 9.57. The standard InChI is InChI=1S/C24H30F2O6/c1-13-5-10-18-14(2)20(24(25,26)19(27)15-6-8-16(28-4)9-7-15)29-21-23(18)17(13)11-12-22(3,30-21)31-32-23/h6-9,13-14,17-18,20-21H,5,10-12H2,1-4H3/t13-,14+,17+,18+,20+,21-,22+,23-/m1/s1. The summed E-state index contributed by atoms with van der Waals surface area (Å²) in [6.45, 7) is 5.63. The zero-order valence-corrected chi connectivity index (χ0v) is 18.8. The van der Waals surface area contributed by atoms with Crippen LogP contribution in [0, 0.1) is 23.7 Å². The van der Waals surface area contributed by atoms with Crippen LogP contribution >= 0.6 is 0 Å². The van der Waals surface area contributed by atoms with Gasteiger partial charge in [-0.25, -0.2) is 9.78 Å². The zero-order valence-electron chi connectivity index (χ0n) is 18.8. The van der Waals surface area contributed by atoms with Crippen molar-refractivity contribution < 1.29 is 37.6 Å². The number of rotatable bonds is 4. The van der Waals surface area contributed by atoms with Crippen LogP contribution in [-0.2, 0) is 19.2 Å². The second-order valence-corrected chi connectivity index (χ2v) is 10.0. The van der Waals surface area contributed by atoms with Crippen LogP contribution in [0.4, 0.5) is 8.78 Å². The minimum Gasteiger partial charge on any atom is -0.497 e. The number of Topliss-reactive ketones (excluding diaryl/α,β-unsaturated/α-hetero) is 1. The van der Waals surface area contributed by atoms with Crippen molar-refractivity contribution in [2.24, 2.45) is 23.7 Å². The average molecular weight is 452 g/mol. The molecule has 1 saturated carbocycles. The molecule has 0 amide bonds. The molecule has 0 aromatic heterocycles. The van der Waals surface area contributed by atoms with Gasteiger partial charge in [0, 0.05) is 17.9 Å². The normalized spacial score (nSPS) is 43.3. The number of fused-ring (bicyclic) bond motifs is 2. The van der Waals surface area contributed by atoms with Gasteiger partial charge in [0.1, 0.15) is 11.9 Å². The van der Waals surface area contributed by atoms with Crippen molar-refractivity contribution in [3.63, 3.8) is 0 Å². The Morgan fingerprint density at radius 3 is 2.50 bits per heavy atom. The van der Waals surface area contributed by atoms with Crippen molar-refractivity contribution in [2.75, 3.05) is 7.11 Å². The van der Waals surface area contributed by atoms with E-state index in [0.717, 1.165) is 12.8 Å². The molecule has 32 heavy (non-hydrogen) atoms. The Balaban J connectivity index is 1.50. The van der Waals surface area contributed by atoms with E-state index in [-0.39, 0.29) is 17.4 Å². The number of methoxy groups -OCH3 is 1. The predicted octanol–water partition coefficient (Wildman–Crippen LogP) is 4.76. The van der Waals surface area contributed by atoms with Crippen molar-refractivity contribution in [3.05, 3.63) is 29.8 Å². The Morgan fingerprint density at radius 2 is 1.81 bits per heavy atom. The highest BCUT2D eigenvalue weighted by molar-refractivity contribution is 6.01. The van der Waals surface area contributed by atoms with Crippen molar-refractivity contribution in [3.8, 4) is 5.75 Å². The quantitative estimate of drug-likeness (QED) is 0.485. The first-order valence-corrected chi connectivity index (χ1v) is 11.4. The number of carbonyl (C=O) groups excluding carboxylic acids is 1. The van der Waals surface area contributed by atoms with E-state index in [2.05, 4.69) is 6.92 Å². The van der Waals surface area contributed by atoms with E-state index < -0.39 is 41.4 Å². The summed E-state index contributed by atoms with van der Waals surface area (Å²) in [4.78, 5) is 24.6. The topological polar surface area (TPSA) is 63.2 Å². The molecule has 0 radical (unpaired) electrons. The van der Waals surface area contributed by atoms with Gasteiger partial charge < -0.3 is 14.2 Å². The maximum absolute atomic E-state index is 15.7. The van der Waals surface area contributed by atoms with E-state index in [0.29, 0.717) is 24.5 Å². The van der Waals surface area contributed by atoms with Crippen LogP contribution < -0.4 is 4.74 Å². The molecule has 1 aromatic rings. The number of ketones is 1. The number of hydrogen-bond donors (Lipinski definition) is 0. The smallest absolute Gasteiger partial charge is 0.335 e. The number of benzene rings is 1. The highest BCUT2D eigenvalue weighted by Crippen LogP contribution is 2.61. The summed E-state index contributed by atoms with van der Waals surface area (Å²) in [5.41, 5.74) is -1.03. The third-order valence-corrected chi connectivity index (χ3v) is 8.17. The van der Waals surface area contributed by atoms with Gasteiger partial charge in [-0.3, -0.25) is 4.79 Å². The molecule has 1 aliphatic carbocycles. The molecule has 6 nitrogen and oxygen atoms in total. The largest absolute Gasteiger partial charge is 0.497 e. The minimum absolute atomic E-state index is 0.0740. The molecular weight excluding hydrogens is 422 g/mol. The molecular formula is C24H30F2O6. The minimum atomic E-state index is -3.73. The predicted molar refractivity (Wildman–Crippen MR) is 109 cm³/mol. The van der Waals surface area contributed by atoms with Gasteiger partial charge >= 0.3 is 5.92 Å². The molecule has 1 spiro atoms. The molecule has 8 heteroatoms. The van der Waals surface area contributed by atoms with E-state index in [1.807, 2.05) is 0 Å². The van der Waals surface area contributed by atoms with Gasteiger partial charge in [-0.05, 0) is 68.2 Å². The fourth-order valence-corrected chi connectivity index (χ4v) is 6.38. The number of halogens is 2. The summed E-state index contributed by atoms with van der Waals surface area (Å²) in [5.74, 6) is -6.07. The van der Waals surface area contributed by atoms with E-state index in [1.54, 1.807) is 13.8 Å². The summed E-state index contributed by atoms with van der Waals surface area (Å²) in [5, 5.41) is 0. The fraction of sp³-hybridized carbons (Fsp3) is 0.708. The second kappa shape index (κ2) is 7.45. The van der Waals surface area contributed by atoms with E-state index >= 15 is 8.78 Å². The summed E-state index contributed by atoms with van der Waals surface area (Å²) in [6.07, 6.45) is 0.351. The van der Waals surface area contributed by atoms with Crippen LogP contribution in [0.15, 0.2) is 24.3 Å². The monoisotopic (exact) mass is 452 g/mol. The lowest BCUT2D eigenvalue weighted by molar-refractivity contribution is -0.573. The van der Waals surface area contributed by atoms with Crippen LogP contribution in [0.2, 0.25) is 0 Å². The molecule has 0 N–H and O–H groups in total.